The maximum atomic E-state index is 11.2. The zero-order valence-electron chi connectivity index (χ0n) is 7.16. The number of aliphatic hydroxyl groups is 1. The summed E-state index contributed by atoms with van der Waals surface area (Å²) in [6.45, 7) is 1.64. The summed E-state index contributed by atoms with van der Waals surface area (Å²) in [5.41, 5.74) is 0. The quantitative estimate of drug-likeness (QED) is 0.630. The fraction of sp³-hybridized carbons (Fsp3) is 1.00. The van der Waals surface area contributed by atoms with Crippen molar-refractivity contribution in [1.29, 1.82) is 0 Å². The molecule has 1 aliphatic carbocycles. The smallest absolute Gasteiger partial charge is 0.212 e. The lowest BCUT2D eigenvalue weighted by atomic mass is 10.2. The van der Waals surface area contributed by atoms with Crippen LogP contribution in [0.3, 0.4) is 0 Å². The van der Waals surface area contributed by atoms with Gasteiger partial charge in [0.1, 0.15) is 0 Å². The van der Waals surface area contributed by atoms with Crippen molar-refractivity contribution in [2.24, 2.45) is 5.92 Å². The Balaban J connectivity index is 2.36. The minimum atomic E-state index is -3.14. The maximum Gasteiger partial charge on any atom is 0.212 e. The monoisotopic (exact) mass is 193 g/mol. The molecule has 0 heterocycles. The van der Waals surface area contributed by atoms with Crippen LogP contribution in [0.1, 0.15) is 19.8 Å². The number of hydrogen-bond acceptors (Lipinski definition) is 3. The third-order valence-corrected chi connectivity index (χ3v) is 3.44. The molecule has 1 fully saturated rings. The average molecular weight is 193 g/mol. The molecule has 0 aliphatic heterocycles. The lowest BCUT2D eigenvalue weighted by Gasteiger charge is -2.08. The van der Waals surface area contributed by atoms with Crippen LogP contribution in [-0.2, 0) is 10.0 Å². The molecule has 0 radical (unpaired) electrons. The number of sulfonamides is 1. The van der Waals surface area contributed by atoms with Gasteiger partial charge in [-0.2, -0.15) is 0 Å². The molecule has 72 valence electrons. The molecule has 0 bridgehead atoms. The lowest BCUT2D eigenvalue weighted by molar-refractivity contribution is 0.249. The van der Waals surface area contributed by atoms with E-state index < -0.39 is 10.0 Å². The molecule has 0 saturated heterocycles. The molecule has 5 heteroatoms. The Morgan fingerprint density at radius 1 is 1.58 bits per heavy atom. The first-order valence-corrected chi connectivity index (χ1v) is 5.79. The van der Waals surface area contributed by atoms with E-state index in [0.29, 0.717) is 0 Å². The van der Waals surface area contributed by atoms with Gasteiger partial charge in [0, 0.05) is 12.6 Å². The predicted molar refractivity (Wildman–Crippen MR) is 46.2 cm³/mol. The first-order chi connectivity index (χ1) is 5.53. The molecule has 1 unspecified atom stereocenters. The van der Waals surface area contributed by atoms with Crippen molar-refractivity contribution in [2.45, 2.75) is 25.8 Å². The van der Waals surface area contributed by atoms with Crippen LogP contribution >= 0.6 is 0 Å². The van der Waals surface area contributed by atoms with Gasteiger partial charge in [-0.15, -0.1) is 0 Å². The standard InChI is InChI=1S/C7H15NO3S/c1-6(4-9)5-12(10,11)8-7-2-3-7/h6-9H,2-5H2,1H3. The highest BCUT2D eigenvalue weighted by Crippen LogP contribution is 2.20. The van der Waals surface area contributed by atoms with Gasteiger partial charge in [0.2, 0.25) is 10.0 Å². The highest BCUT2D eigenvalue weighted by atomic mass is 32.2. The Morgan fingerprint density at radius 3 is 2.58 bits per heavy atom. The van der Waals surface area contributed by atoms with Crippen LogP contribution in [0.25, 0.3) is 0 Å². The molecule has 2 N–H and O–H groups in total. The van der Waals surface area contributed by atoms with E-state index in [4.69, 9.17) is 5.11 Å². The van der Waals surface area contributed by atoms with E-state index in [1.807, 2.05) is 0 Å². The molecule has 0 amide bonds. The summed E-state index contributed by atoms with van der Waals surface area (Å²) in [5, 5.41) is 8.66. The van der Waals surface area contributed by atoms with E-state index in [1.165, 1.54) is 0 Å². The van der Waals surface area contributed by atoms with Crippen LogP contribution in [0, 0.1) is 5.92 Å². The molecule has 1 aliphatic rings. The van der Waals surface area contributed by atoms with Gasteiger partial charge in [-0.05, 0) is 18.8 Å². The number of nitrogens with one attached hydrogen (secondary N) is 1. The van der Waals surface area contributed by atoms with Crippen LogP contribution in [0.15, 0.2) is 0 Å². The summed E-state index contributed by atoms with van der Waals surface area (Å²) in [5.74, 6) is -0.152. The van der Waals surface area contributed by atoms with Crippen LogP contribution in [0.4, 0.5) is 0 Å². The number of aliphatic hydroxyl groups excluding tert-OH is 1. The highest BCUT2D eigenvalue weighted by Gasteiger charge is 2.27. The average Bonchev–Trinajstić information content (AvgIpc) is 2.69. The topological polar surface area (TPSA) is 66.4 Å². The zero-order valence-corrected chi connectivity index (χ0v) is 7.97. The fourth-order valence-corrected chi connectivity index (χ4v) is 2.62. The summed E-state index contributed by atoms with van der Waals surface area (Å²) in [6, 6.07) is 0.167. The Kier molecular flexibility index (Phi) is 3.09. The van der Waals surface area contributed by atoms with Crippen LogP contribution in [0.2, 0.25) is 0 Å². The van der Waals surface area contributed by atoms with Gasteiger partial charge in [0.05, 0.1) is 5.75 Å². The van der Waals surface area contributed by atoms with Gasteiger partial charge in [0.15, 0.2) is 0 Å². The molecule has 12 heavy (non-hydrogen) atoms. The van der Waals surface area contributed by atoms with Gasteiger partial charge in [-0.3, -0.25) is 0 Å². The summed E-state index contributed by atoms with van der Waals surface area (Å²) in [4.78, 5) is 0. The molecule has 1 saturated carbocycles. The molecule has 1 atom stereocenters. The normalized spacial score (nSPS) is 20.8. The van der Waals surface area contributed by atoms with Gasteiger partial charge in [-0.1, -0.05) is 6.92 Å². The fourth-order valence-electron chi connectivity index (χ4n) is 0.931. The second-order valence-electron chi connectivity index (χ2n) is 3.46. The van der Waals surface area contributed by atoms with Crippen molar-refractivity contribution in [3.8, 4) is 0 Å². The van der Waals surface area contributed by atoms with E-state index >= 15 is 0 Å². The van der Waals surface area contributed by atoms with E-state index in [2.05, 4.69) is 4.72 Å². The molecular formula is C7H15NO3S. The first kappa shape index (κ1) is 9.95. The summed E-state index contributed by atoms with van der Waals surface area (Å²) < 4.78 is 25.0. The number of hydrogen-bond donors (Lipinski definition) is 2. The molecule has 4 nitrogen and oxygen atoms in total. The van der Waals surface area contributed by atoms with Gasteiger partial charge < -0.3 is 5.11 Å². The number of rotatable bonds is 5. The minimum absolute atomic E-state index is 0.0278. The maximum absolute atomic E-state index is 11.2. The van der Waals surface area contributed by atoms with Crippen molar-refractivity contribution < 1.29 is 13.5 Å². The molecule has 0 aromatic rings. The van der Waals surface area contributed by atoms with Crippen LogP contribution < -0.4 is 4.72 Å². The van der Waals surface area contributed by atoms with Crippen molar-refractivity contribution in [3.05, 3.63) is 0 Å². The van der Waals surface area contributed by atoms with Crippen molar-refractivity contribution in [3.63, 3.8) is 0 Å². The molecule has 0 spiro atoms. The largest absolute Gasteiger partial charge is 0.396 e. The van der Waals surface area contributed by atoms with Gasteiger partial charge >= 0.3 is 0 Å². The van der Waals surface area contributed by atoms with Crippen molar-refractivity contribution in [2.75, 3.05) is 12.4 Å². The molecular weight excluding hydrogens is 178 g/mol. The van der Waals surface area contributed by atoms with Crippen molar-refractivity contribution in [1.82, 2.24) is 4.72 Å². The Labute approximate surface area is 73.0 Å². The highest BCUT2D eigenvalue weighted by molar-refractivity contribution is 7.89. The second-order valence-corrected chi connectivity index (χ2v) is 5.26. The predicted octanol–water partition coefficient (Wildman–Crippen LogP) is -0.303. The summed E-state index contributed by atoms with van der Waals surface area (Å²) >= 11 is 0. The first-order valence-electron chi connectivity index (χ1n) is 4.14. The Bertz CT molecular complexity index is 233. The Hall–Kier alpha value is -0.130. The van der Waals surface area contributed by atoms with E-state index in [-0.39, 0.29) is 24.3 Å². The van der Waals surface area contributed by atoms with E-state index in [1.54, 1.807) is 6.92 Å². The SMILES string of the molecule is CC(CO)CS(=O)(=O)NC1CC1. The van der Waals surface area contributed by atoms with Gasteiger partial charge in [-0.25, -0.2) is 13.1 Å². The van der Waals surface area contributed by atoms with Crippen LogP contribution in [0.5, 0.6) is 0 Å². The zero-order chi connectivity index (χ0) is 9.19. The molecule has 1 rings (SSSR count). The second kappa shape index (κ2) is 3.72. The van der Waals surface area contributed by atoms with Crippen LogP contribution in [-0.4, -0.2) is 31.9 Å². The van der Waals surface area contributed by atoms with Crippen molar-refractivity contribution >= 4 is 10.0 Å². The molecule has 0 aromatic heterocycles. The third kappa shape index (κ3) is 3.51. The summed E-state index contributed by atoms with van der Waals surface area (Å²) in [7, 11) is -3.14. The lowest BCUT2D eigenvalue weighted by Crippen LogP contribution is -2.31. The molecule has 0 aromatic carbocycles. The van der Waals surface area contributed by atoms with Gasteiger partial charge in [0.25, 0.3) is 0 Å². The third-order valence-electron chi connectivity index (χ3n) is 1.74. The Morgan fingerprint density at radius 2 is 2.17 bits per heavy atom. The summed E-state index contributed by atoms with van der Waals surface area (Å²) in [6.07, 6.45) is 1.90. The van der Waals surface area contributed by atoms with E-state index in [0.717, 1.165) is 12.8 Å². The minimum Gasteiger partial charge on any atom is -0.396 e. The van der Waals surface area contributed by atoms with E-state index in [9.17, 15) is 8.42 Å².